The van der Waals surface area contributed by atoms with Gasteiger partial charge in [-0.15, -0.1) is 0 Å². The molecule has 63 heavy (non-hydrogen) atoms. The fraction of sp³-hybridized carbons (Fsp3) is 0.807. The predicted octanol–water partition coefficient (Wildman–Crippen LogP) is 17.9. The normalized spacial score (nSPS) is 12.4. The Bertz CT molecular complexity index is 1110. The Morgan fingerprint density at radius 3 is 1.00 bits per heavy atom. The van der Waals surface area contributed by atoms with Crippen molar-refractivity contribution >= 4 is 17.9 Å². The lowest BCUT2D eigenvalue weighted by Gasteiger charge is -2.18. The summed E-state index contributed by atoms with van der Waals surface area (Å²) < 4.78 is 16.8. The van der Waals surface area contributed by atoms with E-state index in [-0.39, 0.29) is 31.1 Å². The molecular formula is C57H102O6. The first-order valence-corrected chi connectivity index (χ1v) is 27.1. The second-order valence-corrected chi connectivity index (χ2v) is 18.1. The highest BCUT2D eigenvalue weighted by molar-refractivity contribution is 5.71. The number of esters is 3. The lowest BCUT2D eigenvalue weighted by molar-refractivity contribution is -0.167. The van der Waals surface area contributed by atoms with Crippen LogP contribution in [0.2, 0.25) is 0 Å². The first-order valence-electron chi connectivity index (χ1n) is 27.1. The van der Waals surface area contributed by atoms with E-state index in [1.54, 1.807) is 0 Å². The Balaban J connectivity index is 4.39. The average molecular weight is 883 g/mol. The van der Waals surface area contributed by atoms with Gasteiger partial charge in [-0.2, -0.15) is 0 Å². The molecule has 366 valence electrons. The van der Waals surface area contributed by atoms with Gasteiger partial charge in [-0.25, -0.2) is 0 Å². The Morgan fingerprint density at radius 2 is 0.619 bits per heavy atom. The average Bonchev–Trinajstić information content (AvgIpc) is 3.28. The maximum atomic E-state index is 12.8. The minimum absolute atomic E-state index is 0.0822. The van der Waals surface area contributed by atoms with Crippen LogP contribution in [0.4, 0.5) is 0 Å². The summed E-state index contributed by atoms with van der Waals surface area (Å²) >= 11 is 0. The highest BCUT2D eigenvalue weighted by Crippen LogP contribution is 2.16. The van der Waals surface area contributed by atoms with Crippen molar-refractivity contribution in [2.75, 3.05) is 13.2 Å². The van der Waals surface area contributed by atoms with Crippen LogP contribution < -0.4 is 0 Å². The van der Waals surface area contributed by atoms with E-state index in [1.807, 2.05) is 0 Å². The number of hydrogen-bond acceptors (Lipinski definition) is 6. The molecule has 0 aromatic heterocycles. The van der Waals surface area contributed by atoms with Crippen molar-refractivity contribution in [1.82, 2.24) is 0 Å². The molecule has 0 aliphatic rings. The molecule has 1 atom stereocenters. The van der Waals surface area contributed by atoms with Crippen LogP contribution in [0.1, 0.15) is 278 Å². The van der Waals surface area contributed by atoms with Gasteiger partial charge >= 0.3 is 17.9 Å². The zero-order valence-corrected chi connectivity index (χ0v) is 41.8. The number of unbranched alkanes of at least 4 members (excludes halogenated alkanes) is 30. The molecule has 0 aliphatic heterocycles. The number of rotatable bonds is 49. The molecule has 0 aromatic carbocycles. The van der Waals surface area contributed by atoms with Crippen molar-refractivity contribution < 1.29 is 28.6 Å². The van der Waals surface area contributed by atoms with Crippen molar-refractivity contribution in [3.05, 3.63) is 48.6 Å². The molecule has 0 fully saturated rings. The van der Waals surface area contributed by atoms with Gasteiger partial charge < -0.3 is 14.2 Å². The van der Waals surface area contributed by atoms with Crippen LogP contribution in [0.15, 0.2) is 48.6 Å². The molecule has 0 spiro atoms. The SMILES string of the molecule is CC/C=C\C/C=C\C/C=C\CCCCCCCCC(=O)OCC(COC(=O)CCCCC/C=C\CCCCCCCCC)OC(=O)CCCCCCCCCCCCCCCCC. The van der Waals surface area contributed by atoms with Crippen molar-refractivity contribution in [2.24, 2.45) is 0 Å². The third-order valence-electron chi connectivity index (χ3n) is 11.8. The van der Waals surface area contributed by atoms with Crippen LogP contribution in [0.25, 0.3) is 0 Å². The summed E-state index contributed by atoms with van der Waals surface area (Å²) in [5, 5.41) is 0. The number of ether oxygens (including phenoxy) is 3. The van der Waals surface area contributed by atoms with Gasteiger partial charge in [0, 0.05) is 19.3 Å². The van der Waals surface area contributed by atoms with Gasteiger partial charge in [0.1, 0.15) is 13.2 Å². The molecule has 0 aromatic rings. The van der Waals surface area contributed by atoms with Crippen molar-refractivity contribution in [2.45, 2.75) is 284 Å². The van der Waals surface area contributed by atoms with Crippen molar-refractivity contribution in [3.63, 3.8) is 0 Å². The smallest absolute Gasteiger partial charge is 0.306 e. The summed E-state index contributed by atoms with van der Waals surface area (Å²) in [5.74, 6) is -0.898. The topological polar surface area (TPSA) is 78.9 Å². The first-order chi connectivity index (χ1) is 31.0. The van der Waals surface area contributed by atoms with E-state index < -0.39 is 6.10 Å². The van der Waals surface area contributed by atoms with E-state index in [0.717, 1.165) is 96.3 Å². The van der Waals surface area contributed by atoms with E-state index in [4.69, 9.17) is 14.2 Å². The molecule has 0 amide bonds. The van der Waals surface area contributed by atoms with E-state index in [9.17, 15) is 14.4 Å². The lowest BCUT2D eigenvalue weighted by atomic mass is 10.0. The van der Waals surface area contributed by atoms with Crippen molar-refractivity contribution in [1.29, 1.82) is 0 Å². The molecule has 0 saturated carbocycles. The Hall–Kier alpha value is -2.63. The standard InChI is InChI=1S/C57H102O6/c1-4-7-10-13-16-19-22-25-28-30-32-35-38-41-44-47-50-56(59)62-53-54(52-61-55(58)49-46-43-40-37-34-31-27-24-21-18-15-12-9-6-3)63-57(60)51-48-45-42-39-36-33-29-26-23-20-17-14-11-8-5-2/h7,10,16,19,25,28,31,34,54H,4-6,8-9,11-15,17-18,20-24,26-27,29-30,32-33,35-53H2,1-3H3/b10-7-,19-16-,28-25-,34-31-. The monoisotopic (exact) mass is 883 g/mol. The highest BCUT2D eigenvalue weighted by Gasteiger charge is 2.19. The minimum Gasteiger partial charge on any atom is -0.462 e. The van der Waals surface area contributed by atoms with Gasteiger partial charge in [-0.1, -0.05) is 230 Å². The quantitative estimate of drug-likeness (QED) is 0.0262. The summed E-state index contributed by atoms with van der Waals surface area (Å²) in [6.45, 7) is 6.52. The van der Waals surface area contributed by atoms with Crippen LogP contribution >= 0.6 is 0 Å². The summed E-state index contributed by atoms with van der Waals surface area (Å²) in [5.41, 5.74) is 0. The van der Waals surface area contributed by atoms with Gasteiger partial charge in [0.15, 0.2) is 6.10 Å². The fourth-order valence-corrected chi connectivity index (χ4v) is 7.75. The summed E-state index contributed by atoms with van der Waals surface area (Å²) in [4.78, 5) is 38.0. The van der Waals surface area contributed by atoms with Gasteiger partial charge in [-0.05, 0) is 77.0 Å². The number of carbonyl (C=O) groups excluding carboxylic acids is 3. The first kappa shape index (κ1) is 60.4. The van der Waals surface area contributed by atoms with Crippen molar-refractivity contribution in [3.8, 4) is 0 Å². The molecule has 6 heteroatoms. The Labute approximate surface area is 390 Å². The zero-order chi connectivity index (χ0) is 45.8. The van der Waals surface area contributed by atoms with E-state index in [1.165, 1.54) is 141 Å². The molecule has 0 heterocycles. The van der Waals surface area contributed by atoms with E-state index in [0.29, 0.717) is 19.3 Å². The fourth-order valence-electron chi connectivity index (χ4n) is 7.75. The van der Waals surface area contributed by atoms with Crippen LogP contribution in [0.3, 0.4) is 0 Å². The lowest BCUT2D eigenvalue weighted by Crippen LogP contribution is -2.30. The minimum atomic E-state index is -0.781. The molecule has 1 unspecified atom stereocenters. The number of carbonyl (C=O) groups is 3. The molecule has 6 nitrogen and oxygen atoms in total. The molecule has 0 saturated heterocycles. The van der Waals surface area contributed by atoms with Crippen LogP contribution in [0.5, 0.6) is 0 Å². The van der Waals surface area contributed by atoms with Gasteiger partial charge in [0.2, 0.25) is 0 Å². The van der Waals surface area contributed by atoms with Gasteiger partial charge in [0.05, 0.1) is 0 Å². The second-order valence-electron chi connectivity index (χ2n) is 18.1. The highest BCUT2D eigenvalue weighted by atomic mass is 16.6. The summed E-state index contributed by atoms with van der Waals surface area (Å²) in [6, 6.07) is 0. The predicted molar refractivity (Wildman–Crippen MR) is 270 cm³/mol. The second kappa shape index (κ2) is 52.0. The molecule has 0 rings (SSSR count). The molecular weight excluding hydrogens is 781 g/mol. The van der Waals surface area contributed by atoms with Crippen LogP contribution in [-0.4, -0.2) is 37.2 Å². The van der Waals surface area contributed by atoms with Gasteiger partial charge in [-0.3, -0.25) is 14.4 Å². The molecule has 0 N–H and O–H groups in total. The molecule has 0 radical (unpaired) electrons. The molecule has 0 aliphatic carbocycles. The van der Waals surface area contributed by atoms with E-state index in [2.05, 4.69) is 69.4 Å². The number of hydrogen-bond donors (Lipinski definition) is 0. The maximum Gasteiger partial charge on any atom is 0.306 e. The third-order valence-corrected chi connectivity index (χ3v) is 11.8. The maximum absolute atomic E-state index is 12.8. The molecule has 0 bridgehead atoms. The largest absolute Gasteiger partial charge is 0.462 e. The Morgan fingerprint density at radius 1 is 0.333 bits per heavy atom. The van der Waals surface area contributed by atoms with E-state index >= 15 is 0 Å². The zero-order valence-electron chi connectivity index (χ0n) is 41.8. The summed E-state index contributed by atoms with van der Waals surface area (Å²) in [6.07, 6.45) is 62.4. The third kappa shape index (κ3) is 50.2. The number of allylic oxidation sites excluding steroid dienone is 8. The van der Waals surface area contributed by atoms with Gasteiger partial charge in [0.25, 0.3) is 0 Å². The van der Waals surface area contributed by atoms with Crippen LogP contribution in [-0.2, 0) is 28.6 Å². The van der Waals surface area contributed by atoms with Crippen LogP contribution in [0, 0.1) is 0 Å². The summed E-state index contributed by atoms with van der Waals surface area (Å²) in [7, 11) is 0. The Kier molecular flexibility index (Phi) is 49.8.